The number of ketones is 2. The molecule has 13 unspecified atom stereocenters. The molecule has 2 saturated heterocycles. The zero-order valence-electron chi connectivity index (χ0n) is 21.3. The number of carboxylic acid groups (broad SMARTS) is 1. The van der Waals surface area contributed by atoms with Crippen LogP contribution < -0.4 is 0 Å². The maximum Gasteiger partial charge on any atom is 0.335 e. The van der Waals surface area contributed by atoms with E-state index in [1.165, 1.54) is 0 Å². The van der Waals surface area contributed by atoms with Crippen LogP contribution in [0.1, 0.15) is 51.9 Å². The molecule has 1 spiro atoms. The quantitative estimate of drug-likeness (QED) is 0.317. The molecule has 2 aliphatic heterocycles. The third kappa shape index (κ3) is 3.56. The molecule has 2 heterocycles. The summed E-state index contributed by atoms with van der Waals surface area (Å²) in [4.78, 5) is 36.9. The SMILES string of the molecule is CC12CCC(=O)C=C1CCC1C2C2CC3(C(OC4OC(C(=O)O)C(O)C(O)C4O)O2)C(C(=O)CO)CCC13. The van der Waals surface area contributed by atoms with Crippen LogP contribution in [0.3, 0.4) is 0 Å². The van der Waals surface area contributed by atoms with Crippen LogP contribution in [0.15, 0.2) is 11.6 Å². The van der Waals surface area contributed by atoms with Crippen LogP contribution in [0, 0.1) is 34.5 Å². The summed E-state index contributed by atoms with van der Waals surface area (Å²) in [5.41, 5.74) is 0.0946. The molecule has 0 amide bonds. The Labute approximate surface area is 219 Å². The van der Waals surface area contributed by atoms with Crippen molar-refractivity contribution in [3.63, 3.8) is 0 Å². The molecule has 0 aromatic carbocycles. The number of fused-ring (bicyclic) bond motifs is 6. The second-order valence-electron chi connectivity index (χ2n) is 12.3. The maximum absolute atomic E-state index is 13.0. The van der Waals surface area contributed by atoms with E-state index < -0.39 is 60.9 Å². The number of aliphatic hydroxyl groups excluding tert-OH is 4. The highest BCUT2D eigenvalue weighted by Crippen LogP contribution is 2.71. The molecule has 5 N–H and O–H groups in total. The van der Waals surface area contributed by atoms with E-state index in [2.05, 4.69) is 6.92 Å². The lowest BCUT2D eigenvalue weighted by Crippen LogP contribution is -2.62. The summed E-state index contributed by atoms with van der Waals surface area (Å²) >= 11 is 0. The van der Waals surface area contributed by atoms with Crippen LogP contribution in [0.2, 0.25) is 0 Å². The third-order valence-electron chi connectivity index (χ3n) is 10.8. The maximum atomic E-state index is 13.0. The molecule has 0 aromatic rings. The van der Waals surface area contributed by atoms with E-state index in [4.69, 9.17) is 14.2 Å². The number of Topliss-reactive ketones (excluding diaryl/α,β-unsaturated/α-hetero) is 1. The van der Waals surface area contributed by atoms with E-state index in [0.29, 0.717) is 19.3 Å². The summed E-state index contributed by atoms with van der Waals surface area (Å²) in [6, 6.07) is 0. The minimum Gasteiger partial charge on any atom is -0.479 e. The molecule has 11 heteroatoms. The number of carbonyl (C=O) groups is 3. The number of hydrogen-bond acceptors (Lipinski definition) is 10. The Morgan fingerprint density at radius 2 is 1.84 bits per heavy atom. The highest BCUT2D eigenvalue weighted by atomic mass is 16.8. The highest BCUT2D eigenvalue weighted by Gasteiger charge is 2.72. The van der Waals surface area contributed by atoms with Crippen LogP contribution >= 0.6 is 0 Å². The van der Waals surface area contributed by atoms with E-state index in [1.807, 2.05) is 0 Å². The minimum absolute atomic E-state index is 0.0132. The summed E-state index contributed by atoms with van der Waals surface area (Å²) in [5, 5.41) is 50.3. The lowest BCUT2D eigenvalue weighted by molar-refractivity contribution is -0.341. The fourth-order valence-electron chi connectivity index (χ4n) is 9.22. The highest BCUT2D eigenvalue weighted by molar-refractivity contribution is 5.91. The molecule has 0 aromatic heterocycles. The second-order valence-corrected chi connectivity index (χ2v) is 12.3. The number of carbonyl (C=O) groups excluding carboxylic acids is 2. The first-order valence-corrected chi connectivity index (χ1v) is 13.6. The van der Waals surface area contributed by atoms with Crippen molar-refractivity contribution in [2.75, 3.05) is 6.61 Å². The Hall–Kier alpha value is -1.73. The molecule has 5 fully saturated rings. The standard InChI is InChI=1S/C27H36O11/c1-26-7-6-12(29)8-11(26)2-3-13-14-4-5-15(16(30)10-28)27(14)9-17(18(13)26)36-25(27)38-24-21(33)19(31)20(32)22(37-24)23(34)35/h8,13-15,17-22,24-25,28,31-33H,2-7,9-10H2,1H3,(H,34,35). The van der Waals surface area contributed by atoms with Crippen LogP contribution in [0.25, 0.3) is 0 Å². The number of ether oxygens (including phenoxy) is 3. The number of aliphatic hydroxyl groups is 4. The van der Waals surface area contributed by atoms with Gasteiger partial charge in [-0.25, -0.2) is 4.79 Å². The summed E-state index contributed by atoms with van der Waals surface area (Å²) in [6.45, 7) is 1.58. The minimum atomic E-state index is -1.85. The van der Waals surface area contributed by atoms with Crippen LogP contribution in [-0.4, -0.2) is 92.8 Å². The first-order valence-electron chi connectivity index (χ1n) is 13.6. The van der Waals surface area contributed by atoms with E-state index in [-0.39, 0.29) is 40.8 Å². The molecule has 6 rings (SSSR count). The Balaban J connectivity index is 1.37. The summed E-state index contributed by atoms with van der Waals surface area (Å²) in [6.07, 6.45) is -3.83. The van der Waals surface area contributed by atoms with Gasteiger partial charge < -0.3 is 39.7 Å². The molecular weight excluding hydrogens is 500 g/mol. The zero-order chi connectivity index (χ0) is 27.1. The monoisotopic (exact) mass is 536 g/mol. The van der Waals surface area contributed by atoms with Crippen molar-refractivity contribution < 1.29 is 54.1 Å². The van der Waals surface area contributed by atoms with Gasteiger partial charge in [-0.05, 0) is 67.8 Å². The normalized spacial score (nSPS) is 51.6. The van der Waals surface area contributed by atoms with Gasteiger partial charge in [0.1, 0.15) is 24.9 Å². The van der Waals surface area contributed by atoms with E-state index in [0.717, 1.165) is 31.3 Å². The second kappa shape index (κ2) is 9.15. The topological polar surface area (TPSA) is 180 Å². The number of carboxylic acids is 1. The summed E-state index contributed by atoms with van der Waals surface area (Å²) in [7, 11) is 0. The largest absolute Gasteiger partial charge is 0.479 e. The predicted molar refractivity (Wildman–Crippen MR) is 126 cm³/mol. The van der Waals surface area contributed by atoms with Gasteiger partial charge in [0, 0.05) is 17.8 Å². The third-order valence-corrected chi connectivity index (χ3v) is 10.8. The van der Waals surface area contributed by atoms with Crippen molar-refractivity contribution in [2.45, 2.75) is 95.0 Å². The van der Waals surface area contributed by atoms with Crippen molar-refractivity contribution in [2.24, 2.45) is 34.5 Å². The van der Waals surface area contributed by atoms with Crippen molar-refractivity contribution in [1.29, 1.82) is 0 Å². The van der Waals surface area contributed by atoms with Gasteiger partial charge >= 0.3 is 5.97 Å². The number of aliphatic carboxylic acids is 1. The van der Waals surface area contributed by atoms with Gasteiger partial charge in [-0.2, -0.15) is 0 Å². The van der Waals surface area contributed by atoms with Crippen molar-refractivity contribution in [1.82, 2.24) is 0 Å². The fourth-order valence-corrected chi connectivity index (χ4v) is 9.22. The molecule has 38 heavy (non-hydrogen) atoms. The Kier molecular flexibility index (Phi) is 6.38. The molecule has 0 radical (unpaired) electrons. The first kappa shape index (κ1) is 26.5. The number of allylic oxidation sites excluding steroid dienone is 1. The van der Waals surface area contributed by atoms with Gasteiger partial charge in [0.15, 0.2) is 30.3 Å². The molecule has 3 saturated carbocycles. The van der Waals surface area contributed by atoms with Gasteiger partial charge in [0.05, 0.1) is 6.10 Å². The number of hydrogen-bond donors (Lipinski definition) is 5. The van der Waals surface area contributed by atoms with Crippen LogP contribution in [0.4, 0.5) is 0 Å². The average molecular weight is 537 g/mol. The van der Waals surface area contributed by atoms with Crippen LogP contribution in [0.5, 0.6) is 0 Å². The molecule has 6 aliphatic rings. The molecule has 4 aliphatic carbocycles. The fraction of sp³-hybridized carbons (Fsp3) is 0.815. The smallest absolute Gasteiger partial charge is 0.335 e. The molecule has 13 atom stereocenters. The van der Waals surface area contributed by atoms with E-state index in [9.17, 15) is 39.9 Å². The van der Waals surface area contributed by atoms with Gasteiger partial charge in [-0.3, -0.25) is 9.59 Å². The van der Waals surface area contributed by atoms with E-state index >= 15 is 0 Å². The summed E-state index contributed by atoms with van der Waals surface area (Å²) < 4.78 is 18.2. The number of rotatable bonds is 5. The zero-order valence-corrected chi connectivity index (χ0v) is 21.3. The Morgan fingerprint density at radius 1 is 1.08 bits per heavy atom. The molecule has 11 nitrogen and oxygen atoms in total. The molecule has 2 bridgehead atoms. The van der Waals surface area contributed by atoms with Gasteiger partial charge in [-0.15, -0.1) is 0 Å². The first-order chi connectivity index (χ1) is 18.0. The lowest BCUT2D eigenvalue weighted by Gasteiger charge is -2.57. The van der Waals surface area contributed by atoms with Crippen molar-refractivity contribution >= 4 is 17.5 Å². The van der Waals surface area contributed by atoms with Gasteiger partial charge in [0.25, 0.3) is 0 Å². The van der Waals surface area contributed by atoms with Gasteiger partial charge in [0.2, 0.25) is 0 Å². The van der Waals surface area contributed by atoms with Crippen LogP contribution in [-0.2, 0) is 28.6 Å². The molecular formula is C27H36O11. The predicted octanol–water partition coefficient (Wildman–Crippen LogP) is -0.0804. The Morgan fingerprint density at radius 3 is 2.55 bits per heavy atom. The Bertz CT molecular complexity index is 1060. The van der Waals surface area contributed by atoms with Gasteiger partial charge in [-0.1, -0.05) is 12.5 Å². The summed E-state index contributed by atoms with van der Waals surface area (Å²) in [5.74, 6) is -1.93. The average Bonchev–Trinajstić information content (AvgIpc) is 3.42. The van der Waals surface area contributed by atoms with E-state index in [1.54, 1.807) is 6.08 Å². The van der Waals surface area contributed by atoms with Crippen molar-refractivity contribution in [3.05, 3.63) is 11.6 Å². The van der Waals surface area contributed by atoms with Crippen molar-refractivity contribution in [3.8, 4) is 0 Å². The lowest BCUT2D eigenvalue weighted by atomic mass is 9.46. The molecule has 210 valence electrons.